The molecule has 0 saturated heterocycles. The maximum Gasteiger partial charge on any atom is 0.261 e. The van der Waals surface area contributed by atoms with Crippen molar-refractivity contribution in [3.05, 3.63) is 65.0 Å². The topological polar surface area (TPSA) is 55.8 Å². The third kappa shape index (κ3) is 4.17. The highest BCUT2D eigenvalue weighted by molar-refractivity contribution is 6.21. The van der Waals surface area contributed by atoms with E-state index in [1.54, 1.807) is 30.3 Å². The minimum atomic E-state index is -0.346. The molecule has 0 atom stereocenters. The number of hydrogen-bond donors (Lipinski definition) is 0. The molecule has 5 nitrogen and oxygen atoms in total. The molecule has 0 saturated carbocycles. The van der Waals surface area contributed by atoms with E-state index in [0.29, 0.717) is 16.9 Å². The molecule has 0 radical (unpaired) electrons. The first-order valence-corrected chi connectivity index (χ1v) is 8.94. The van der Waals surface area contributed by atoms with Gasteiger partial charge in [0.2, 0.25) is 0 Å². The Morgan fingerprint density at radius 2 is 1.63 bits per heavy atom. The molecule has 0 bridgehead atoms. The van der Waals surface area contributed by atoms with Gasteiger partial charge in [0, 0.05) is 6.07 Å². The normalized spacial score (nSPS) is 13.4. The van der Waals surface area contributed by atoms with Crippen molar-refractivity contribution >= 4 is 11.8 Å². The molecule has 0 N–H and O–H groups in total. The van der Waals surface area contributed by atoms with Crippen molar-refractivity contribution in [3.63, 3.8) is 0 Å². The molecular weight excluding hydrogens is 349 g/mol. The molecule has 142 valence electrons. The van der Waals surface area contributed by atoms with Crippen LogP contribution in [0, 0.1) is 5.82 Å². The SMILES string of the molecule is CC(C)c1ccc(F)cc1OCCOCCN1C(=O)c2ccccc2C1=O. The van der Waals surface area contributed by atoms with Crippen molar-refractivity contribution in [1.82, 2.24) is 4.90 Å². The monoisotopic (exact) mass is 371 g/mol. The van der Waals surface area contributed by atoms with Gasteiger partial charge in [-0.15, -0.1) is 0 Å². The number of fused-ring (bicyclic) bond motifs is 1. The van der Waals surface area contributed by atoms with Gasteiger partial charge in [0.15, 0.2) is 0 Å². The average Bonchev–Trinajstić information content (AvgIpc) is 2.89. The van der Waals surface area contributed by atoms with Crippen LogP contribution in [0.2, 0.25) is 0 Å². The maximum atomic E-state index is 13.4. The van der Waals surface area contributed by atoms with Gasteiger partial charge in [-0.1, -0.05) is 32.0 Å². The number of nitrogens with zero attached hydrogens (tertiary/aromatic N) is 1. The Bertz CT molecular complexity index is 815. The maximum absolute atomic E-state index is 13.4. The summed E-state index contributed by atoms with van der Waals surface area (Å²) in [6.07, 6.45) is 0. The minimum absolute atomic E-state index is 0.184. The summed E-state index contributed by atoms with van der Waals surface area (Å²) in [7, 11) is 0. The molecule has 2 amide bonds. The van der Waals surface area contributed by atoms with Crippen LogP contribution in [-0.2, 0) is 4.74 Å². The van der Waals surface area contributed by atoms with E-state index in [9.17, 15) is 14.0 Å². The first-order valence-electron chi connectivity index (χ1n) is 8.94. The van der Waals surface area contributed by atoms with Crippen LogP contribution >= 0.6 is 0 Å². The number of benzene rings is 2. The summed E-state index contributed by atoms with van der Waals surface area (Å²) in [5.74, 6) is -0.209. The Morgan fingerprint density at radius 1 is 0.963 bits per heavy atom. The Hall–Kier alpha value is -2.73. The van der Waals surface area contributed by atoms with Crippen LogP contribution in [0.3, 0.4) is 0 Å². The number of ether oxygens (including phenoxy) is 2. The van der Waals surface area contributed by atoms with Gasteiger partial charge >= 0.3 is 0 Å². The van der Waals surface area contributed by atoms with Gasteiger partial charge in [0.05, 0.1) is 30.9 Å². The Morgan fingerprint density at radius 3 is 2.26 bits per heavy atom. The van der Waals surface area contributed by atoms with Crippen LogP contribution in [0.1, 0.15) is 46.0 Å². The summed E-state index contributed by atoms with van der Waals surface area (Å²) in [5, 5.41) is 0. The number of carbonyl (C=O) groups is 2. The fourth-order valence-electron chi connectivity index (χ4n) is 3.02. The summed E-state index contributed by atoms with van der Waals surface area (Å²) in [6, 6.07) is 11.3. The molecule has 0 spiro atoms. The molecule has 2 aromatic carbocycles. The zero-order valence-electron chi connectivity index (χ0n) is 15.4. The standard InChI is InChI=1S/C21H22FNO4/c1-14(2)16-8-7-15(22)13-19(16)27-12-11-26-10-9-23-20(24)17-5-3-4-6-18(17)21(23)25/h3-8,13-14H,9-12H2,1-2H3. The molecule has 1 aliphatic rings. The van der Waals surface area contributed by atoms with Gasteiger partial charge in [-0.25, -0.2) is 4.39 Å². The van der Waals surface area contributed by atoms with E-state index < -0.39 is 0 Å². The fraction of sp³-hybridized carbons (Fsp3) is 0.333. The summed E-state index contributed by atoms with van der Waals surface area (Å²) in [6.45, 7) is 4.96. The van der Waals surface area contributed by atoms with Crippen molar-refractivity contribution in [3.8, 4) is 5.75 Å². The molecule has 6 heteroatoms. The van der Waals surface area contributed by atoms with Crippen molar-refractivity contribution in [2.24, 2.45) is 0 Å². The third-order valence-corrected chi connectivity index (χ3v) is 4.42. The van der Waals surface area contributed by atoms with Gasteiger partial charge in [-0.2, -0.15) is 0 Å². The van der Waals surface area contributed by atoms with E-state index in [1.807, 2.05) is 13.8 Å². The van der Waals surface area contributed by atoms with Crippen LogP contribution < -0.4 is 4.74 Å². The summed E-state index contributed by atoms with van der Waals surface area (Å²) in [4.78, 5) is 25.7. The van der Waals surface area contributed by atoms with Crippen LogP contribution in [0.5, 0.6) is 5.75 Å². The second-order valence-electron chi connectivity index (χ2n) is 6.61. The Kier molecular flexibility index (Phi) is 5.86. The highest BCUT2D eigenvalue weighted by Gasteiger charge is 2.34. The zero-order valence-corrected chi connectivity index (χ0v) is 15.4. The van der Waals surface area contributed by atoms with E-state index in [2.05, 4.69) is 0 Å². The smallest absolute Gasteiger partial charge is 0.261 e. The number of halogens is 1. The molecule has 27 heavy (non-hydrogen) atoms. The molecule has 1 heterocycles. The Labute approximate surface area is 157 Å². The molecule has 0 aromatic heterocycles. The second-order valence-corrected chi connectivity index (χ2v) is 6.61. The number of amides is 2. The summed E-state index contributed by atoms with van der Waals surface area (Å²) in [5.41, 5.74) is 1.79. The van der Waals surface area contributed by atoms with E-state index in [1.165, 1.54) is 17.0 Å². The lowest BCUT2D eigenvalue weighted by molar-refractivity contribution is 0.0527. The molecule has 1 aliphatic heterocycles. The average molecular weight is 371 g/mol. The fourth-order valence-corrected chi connectivity index (χ4v) is 3.02. The number of imide groups is 1. The van der Waals surface area contributed by atoms with E-state index in [0.717, 1.165) is 5.56 Å². The molecule has 2 aromatic rings. The number of hydrogen-bond acceptors (Lipinski definition) is 4. The molecule has 0 fully saturated rings. The molecule has 0 unspecified atom stereocenters. The molecule has 3 rings (SSSR count). The third-order valence-electron chi connectivity index (χ3n) is 4.42. The predicted molar refractivity (Wildman–Crippen MR) is 98.6 cm³/mol. The van der Waals surface area contributed by atoms with E-state index in [-0.39, 0.29) is 49.9 Å². The van der Waals surface area contributed by atoms with Crippen molar-refractivity contribution in [2.45, 2.75) is 19.8 Å². The van der Waals surface area contributed by atoms with Crippen LogP contribution in [0.4, 0.5) is 4.39 Å². The Balaban J connectivity index is 1.44. The zero-order chi connectivity index (χ0) is 19.4. The van der Waals surface area contributed by atoms with Gasteiger partial charge in [-0.3, -0.25) is 14.5 Å². The lowest BCUT2D eigenvalue weighted by atomic mass is 10.0. The summed E-state index contributed by atoms with van der Waals surface area (Å²) >= 11 is 0. The predicted octanol–water partition coefficient (Wildman–Crippen LogP) is 3.64. The van der Waals surface area contributed by atoms with Crippen molar-refractivity contribution < 1.29 is 23.5 Å². The molecular formula is C21H22FNO4. The van der Waals surface area contributed by atoms with Gasteiger partial charge < -0.3 is 9.47 Å². The first-order chi connectivity index (χ1) is 13.0. The second kappa shape index (κ2) is 8.31. The van der Waals surface area contributed by atoms with E-state index >= 15 is 0 Å². The van der Waals surface area contributed by atoms with Crippen LogP contribution in [0.15, 0.2) is 42.5 Å². The quantitative estimate of drug-likeness (QED) is 0.525. The molecule has 0 aliphatic carbocycles. The highest BCUT2D eigenvalue weighted by Crippen LogP contribution is 2.27. The summed E-state index contributed by atoms with van der Waals surface area (Å²) < 4.78 is 24.5. The number of rotatable bonds is 8. The highest BCUT2D eigenvalue weighted by atomic mass is 19.1. The van der Waals surface area contributed by atoms with Gasteiger partial charge in [-0.05, 0) is 29.7 Å². The van der Waals surface area contributed by atoms with Crippen molar-refractivity contribution in [2.75, 3.05) is 26.4 Å². The lowest BCUT2D eigenvalue weighted by Crippen LogP contribution is -2.33. The first kappa shape index (κ1) is 19.0. The largest absolute Gasteiger partial charge is 0.491 e. The minimum Gasteiger partial charge on any atom is -0.491 e. The van der Waals surface area contributed by atoms with Crippen LogP contribution in [0.25, 0.3) is 0 Å². The van der Waals surface area contributed by atoms with E-state index in [4.69, 9.17) is 9.47 Å². The van der Waals surface area contributed by atoms with Gasteiger partial charge in [0.25, 0.3) is 11.8 Å². The van der Waals surface area contributed by atoms with Crippen LogP contribution in [-0.4, -0.2) is 43.1 Å². The lowest BCUT2D eigenvalue weighted by Gasteiger charge is -2.15. The van der Waals surface area contributed by atoms with Gasteiger partial charge in [0.1, 0.15) is 18.2 Å². The van der Waals surface area contributed by atoms with Crippen molar-refractivity contribution in [1.29, 1.82) is 0 Å². The number of carbonyl (C=O) groups excluding carboxylic acids is 2.